The van der Waals surface area contributed by atoms with Gasteiger partial charge in [-0.25, -0.2) is 4.58 Å². The zero-order valence-corrected chi connectivity index (χ0v) is 5.37. The van der Waals surface area contributed by atoms with Crippen LogP contribution in [-0.2, 0) is 0 Å². The maximum absolute atomic E-state index is 2.25. The largest absolute Gasteiger partial charge is 0.241 e. The average Bonchev–Trinajstić information content (AvgIpc) is 1.69. The lowest BCUT2D eigenvalue weighted by atomic mass is 10.7. The van der Waals surface area contributed by atoms with Crippen LogP contribution in [0, 0.1) is 0 Å². The molecule has 0 fully saturated rings. The first kappa shape index (κ1) is 5.16. The first-order valence-electron chi connectivity index (χ1n) is 2.51. The van der Waals surface area contributed by atoms with E-state index in [1.165, 1.54) is 18.1 Å². The van der Waals surface area contributed by atoms with Crippen molar-refractivity contribution in [1.82, 2.24) is 0 Å². The number of hydrogen-bond acceptors (Lipinski definition) is 1. The highest BCUT2D eigenvalue weighted by Gasteiger charge is 2.01. The number of rotatable bonds is 0. The van der Waals surface area contributed by atoms with Gasteiger partial charge in [0.05, 0.1) is 11.5 Å². The van der Waals surface area contributed by atoms with E-state index in [-0.39, 0.29) is 0 Å². The highest BCUT2D eigenvalue weighted by Crippen LogP contribution is 1.99. The Hall–Kier alpha value is 0.0200. The number of hydrogen-bond donors (Lipinski definition) is 0. The second kappa shape index (κ2) is 2.36. The van der Waals surface area contributed by atoms with E-state index in [4.69, 9.17) is 0 Å². The molecular formula is C5H10NS+. The van der Waals surface area contributed by atoms with Crippen molar-refractivity contribution >= 4 is 18.0 Å². The molecule has 0 amide bonds. The minimum Gasteiger partial charge on any atom is -0.241 e. The Morgan fingerprint density at radius 2 is 2.57 bits per heavy atom. The minimum absolute atomic E-state index is 1.20. The molecule has 0 atom stereocenters. The lowest BCUT2D eigenvalue weighted by molar-refractivity contribution is -0.488. The third kappa shape index (κ3) is 1.51. The average molecular weight is 116 g/mol. The second-order valence-electron chi connectivity index (χ2n) is 1.74. The maximum atomic E-state index is 2.25. The molecular weight excluding hydrogens is 106 g/mol. The van der Waals surface area contributed by atoms with E-state index in [1.807, 2.05) is 11.8 Å². The van der Waals surface area contributed by atoms with Crippen LogP contribution in [0.1, 0.15) is 0 Å². The molecule has 0 saturated heterocycles. The van der Waals surface area contributed by atoms with E-state index < -0.39 is 0 Å². The Kier molecular flexibility index (Phi) is 1.74. The summed E-state index contributed by atoms with van der Waals surface area (Å²) >= 11 is 2.00. The molecule has 0 N–H and O–H groups in total. The molecule has 0 aliphatic carbocycles. The molecule has 1 rings (SSSR count). The summed E-state index contributed by atoms with van der Waals surface area (Å²) in [6.07, 6.45) is 2.23. The summed E-state index contributed by atoms with van der Waals surface area (Å²) in [5, 5.41) is 0. The van der Waals surface area contributed by atoms with Gasteiger partial charge < -0.3 is 0 Å². The molecule has 7 heavy (non-hydrogen) atoms. The summed E-state index contributed by atoms with van der Waals surface area (Å²) in [6.45, 7) is 1.23. The van der Waals surface area contributed by atoms with Gasteiger partial charge in [0.15, 0.2) is 6.54 Å². The maximum Gasteiger partial charge on any atom is 0.151 e. The molecule has 1 aliphatic heterocycles. The molecule has 1 aliphatic rings. The number of thioether (sulfide) groups is 1. The Balaban J connectivity index is 2.40. The van der Waals surface area contributed by atoms with Crippen molar-refractivity contribution in [2.45, 2.75) is 0 Å². The van der Waals surface area contributed by atoms with Crippen LogP contribution < -0.4 is 0 Å². The van der Waals surface area contributed by atoms with Crippen LogP contribution >= 0.6 is 11.8 Å². The SMILES string of the molecule is C[N+]1=CCSCC1. The Morgan fingerprint density at radius 3 is 2.86 bits per heavy atom. The fourth-order valence-electron chi connectivity index (χ4n) is 0.563. The van der Waals surface area contributed by atoms with Gasteiger partial charge in [-0.1, -0.05) is 0 Å². The monoisotopic (exact) mass is 116 g/mol. The predicted molar refractivity (Wildman–Crippen MR) is 34.4 cm³/mol. The van der Waals surface area contributed by atoms with Crippen LogP contribution in [0.4, 0.5) is 0 Å². The summed E-state index contributed by atoms with van der Waals surface area (Å²) in [4.78, 5) is 0. The van der Waals surface area contributed by atoms with Crippen molar-refractivity contribution in [2.75, 3.05) is 25.1 Å². The molecule has 0 unspecified atom stereocenters. The summed E-state index contributed by atoms with van der Waals surface area (Å²) in [7, 11) is 2.12. The van der Waals surface area contributed by atoms with Crippen molar-refractivity contribution in [3.05, 3.63) is 0 Å². The molecule has 0 radical (unpaired) electrons. The fourth-order valence-corrected chi connectivity index (χ4v) is 1.51. The van der Waals surface area contributed by atoms with Gasteiger partial charge in [0.1, 0.15) is 13.3 Å². The molecule has 0 saturated carbocycles. The van der Waals surface area contributed by atoms with Crippen molar-refractivity contribution in [1.29, 1.82) is 0 Å². The van der Waals surface area contributed by atoms with Gasteiger partial charge in [0.25, 0.3) is 0 Å². The van der Waals surface area contributed by atoms with E-state index in [9.17, 15) is 0 Å². The lowest BCUT2D eigenvalue weighted by Gasteiger charge is -2.00. The Bertz CT molecular complexity index is 88.1. The van der Waals surface area contributed by atoms with Gasteiger partial charge in [-0.3, -0.25) is 0 Å². The van der Waals surface area contributed by atoms with Crippen LogP contribution in [0.5, 0.6) is 0 Å². The van der Waals surface area contributed by atoms with Crippen LogP contribution in [0.15, 0.2) is 0 Å². The van der Waals surface area contributed by atoms with E-state index in [1.54, 1.807) is 0 Å². The highest BCUT2D eigenvalue weighted by atomic mass is 32.2. The van der Waals surface area contributed by atoms with E-state index in [0.717, 1.165) is 0 Å². The summed E-state index contributed by atoms with van der Waals surface area (Å²) in [6, 6.07) is 0. The van der Waals surface area contributed by atoms with Crippen molar-refractivity contribution < 1.29 is 4.58 Å². The predicted octanol–water partition coefficient (Wildman–Crippen LogP) is 0.446. The summed E-state index contributed by atoms with van der Waals surface area (Å²) < 4.78 is 2.25. The second-order valence-corrected chi connectivity index (χ2v) is 2.89. The molecule has 1 nitrogen and oxygen atoms in total. The molecule has 1 heterocycles. The van der Waals surface area contributed by atoms with Gasteiger partial charge in [0.2, 0.25) is 0 Å². The van der Waals surface area contributed by atoms with Crippen molar-refractivity contribution in [2.24, 2.45) is 0 Å². The molecule has 0 spiro atoms. The van der Waals surface area contributed by atoms with Gasteiger partial charge in [-0.05, 0) is 0 Å². The topological polar surface area (TPSA) is 3.01 Å². The Labute approximate surface area is 48.4 Å². The fraction of sp³-hybridized carbons (Fsp3) is 0.800. The first-order chi connectivity index (χ1) is 3.39. The van der Waals surface area contributed by atoms with Gasteiger partial charge in [0, 0.05) is 0 Å². The molecule has 0 aromatic carbocycles. The van der Waals surface area contributed by atoms with E-state index in [2.05, 4.69) is 17.8 Å². The normalized spacial score (nSPS) is 21.6. The van der Waals surface area contributed by atoms with Crippen LogP contribution in [-0.4, -0.2) is 35.9 Å². The van der Waals surface area contributed by atoms with Gasteiger partial charge >= 0.3 is 0 Å². The zero-order chi connectivity index (χ0) is 5.11. The van der Waals surface area contributed by atoms with Crippen molar-refractivity contribution in [3.63, 3.8) is 0 Å². The highest BCUT2D eigenvalue weighted by molar-refractivity contribution is 7.99. The van der Waals surface area contributed by atoms with Crippen LogP contribution in [0.2, 0.25) is 0 Å². The van der Waals surface area contributed by atoms with Gasteiger partial charge in [-0.2, -0.15) is 0 Å². The first-order valence-corrected chi connectivity index (χ1v) is 3.66. The van der Waals surface area contributed by atoms with Crippen LogP contribution in [0.3, 0.4) is 0 Å². The molecule has 2 heteroatoms. The van der Waals surface area contributed by atoms with E-state index >= 15 is 0 Å². The molecule has 0 aromatic heterocycles. The van der Waals surface area contributed by atoms with Gasteiger partial charge in [-0.15, -0.1) is 11.8 Å². The third-order valence-electron chi connectivity index (χ3n) is 1.09. The standard InChI is InChI=1S/C5H10NS/c1-6-2-4-7-5-3-6/h2H,3-5H2,1H3/q+1. The molecule has 40 valence electrons. The lowest BCUT2D eigenvalue weighted by Crippen LogP contribution is -2.16. The minimum atomic E-state index is 1.20. The Morgan fingerprint density at radius 1 is 1.71 bits per heavy atom. The third-order valence-corrected chi connectivity index (χ3v) is 1.95. The summed E-state index contributed by atoms with van der Waals surface area (Å²) in [5.74, 6) is 2.50. The van der Waals surface area contributed by atoms with E-state index in [0.29, 0.717) is 0 Å². The quantitative estimate of drug-likeness (QED) is 0.415. The van der Waals surface area contributed by atoms with Crippen LogP contribution in [0.25, 0.3) is 0 Å². The zero-order valence-electron chi connectivity index (χ0n) is 4.55. The number of nitrogens with zero attached hydrogens (tertiary/aromatic N) is 1. The van der Waals surface area contributed by atoms with Crippen molar-refractivity contribution in [3.8, 4) is 0 Å². The summed E-state index contributed by atoms with van der Waals surface area (Å²) in [5.41, 5.74) is 0. The smallest absolute Gasteiger partial charge is 0.151 e. The molecule has 0 bridgehead atoms. The molecule has 0 aromatic rings.